The van der Waals surface area contributed by atoms with E-state index in [1.807, 2.05) is 51.4 Å². The van der Waals surface area contributed by atoms with E-state index in [0.717, 1.165) is 27.9 Å². The molecule has 0 spiro atoms. The third-order valence-corrected chi connectivity index (χ3v) is 3.51. The summed E-state index contributed by atoms with van der Waals surface area (Å²) < 4.78 is 1.71. The molecular weight excluding hydrogens is 290 g/mol. The summed E-state index contributed by atoms with van der Waals surface area (Å²) >= 11 is 0. The van der Waals surface area contributed by atoms with Gasteiger partial charge in [-0.25, -0.2) is 5.43 Å². The molecule has 6 heteroatoms. The smallest absolute Gasteiger partial charge is 0.272 e. The van der Waals surface area contributed by atoms with Crippen molar-refractivity contribution in [2.75, 3.05) is 0 Å². The van der Waals surface area contributed by atoms with Gasteiger partial charge in [0, 0.05) is 29.9 Å². The maximum absolute atomic E-state index is 12.4. The Labute approximate surface area is 133 Å². The summed E-state index contributed by atoms with van der Waals surface area (Å²) in [5.41, 5.74) is 6.44. The van der Waals surface area contributed by atoms with E-state index >= 15 is 0 Å². The molecule has 1 N–H and O–H groups in total. The van der Waals surface area contributed by atoms with E-state index in [4.69, 9.17) is 0 Å². The van der Waals surface area contributed by atoms with Gasteiger partial charge >= 0.3 is 0 Å². The minimum absolute atomic E-state index is 0.260. The fourth-order valence-corrected chi connectivity index (χ4v) is 2.46. The molecule has 0 aliphatic carbocycles. The van der Waals surface area contributed by atoms with E-state index in [0.29, 0.717) is 5.56 Å². The predicted molar refractivity (Wildman–Crippen MR) is 89.5 cm³/mol. The molecule has 23 heavy (non-hydrogen) atoms. The maximum Gasteiger partial charge on any atom is 0.272 e. The third kappa shape index (κ3) is 3.11. The summed E-state index contributed by atoms with van der Waals surface area (Å²) in [5.74, 6) is -0.260. The SMILES string of the molecule is Cc1cc(C(=O)N/N=C\c2cn(C)nc2C)c2ccccc2n1. The van der Waals surface area contributed by atoms with E-state index in [-0.39, 0.29) is 5.91 Å². The topological polar surface area (TPSA) is 72.2 Å². The second-order valence-electron chi connectivity index (χ2n) is 5.37. The molecule has 0 saturated heterocycles. The van der Waals surface area contributed by atoms with Crippen LogP contribution in [0.15, 0.2) is 41.6 Å². The highest BCUT2D eigenvalue weighted by Gasteiger charge is 2.11. The van der Waals surface area contributed by atoms with Crippen molar-refractivity contribution in [3.63, 3.8) is 0 Å². The zero-order chi connectivity index (χ0) is 16.4. The number of hydrogen-bond acceptors (Lipinski definition) is 4. The van der Waals surface area contributed by atoms with Gasteiger partial charge in [-0.2, -0.15) is 10.2 Å². The van der Waals surface area contributed by atoms with Crippen LogP contribution in [-0.4, -0.2) is 26.9 Å². The molecule has 3 aromatic rings. The van der Waals surface area contributed by atoms with Crippen LogP contribution < -0.4 is 5.43 Å². The largest absolute Gasteiger partial charge is 0.275 e. The average molecular weight is 307 g/mol. The number of carbonyl (C=O) groups excluding carboxylic acids is 1. The predicted octanol–water partition coefficient (Wildman–Crippen LogP) is 2.35. The summed E-state index contributed by atoms with van der Waals surface area (Å²) in [5, 5.41) is 9.06. The number of hydrogen-bond donors (Lipinski definition) is 1. The van der Waals surface area contributed by atoms with Crippen LogP contribution in [0.5, 0.6) is 0 Å². The highest BCUT2D eigenvalue weighted by Crippen LogP contribution is 2.18. The van der Waals surface area contributed by atoms with E-state index in [1.54, 1.807) is 17.0 Å². The quantitative estimate of drug-likeness (QED) is 0.596. The van der Waals surface area contributed by atoms with Crippen molar-refractivity contribution in [3.8, 4) is 0 Å². The van der Waals surface area contributed by atoms with Crippen LogP contribution in [0.1, 0.15) is 27.3 Å². The molecule has 2 aromatic heterocycles. The highest BCUT2D eigenvalue weighted by atomic mass is 16.2. The Balaban J connectivity index is 1.85. The first-order chi connectivity index (χ1) is 11.0. The lowest BCUT2D eigenvalue weighted by molar-refractivity contribution is 0.0956. The molecule has 0 saturated carbocycles. The molecule has 0 fully saturated rings. The van der Waals surface area contributed by atoms with Crippen LogP contribution in [0.3, 0.4) is 0 Å². The Morgan fingerprint density at radius 3 is 2.83 bits per heavy atom. The minimum Gasteiger partial charge on any atom is -0.275 e. The standard InChI is InChI=1S/C17H17N5O/c1-11-8-15(14-6-4-5-7-16(14)19-11)17(23)20-18-9-13-10-22(3)21-12(13)2/h4-10H,1-3H3,(H,20,23)/b18-9-. The Hall–Kier alpha value is -3.02. The van der Waals surface area contributed by atoms with E-state index < -0.39 is 0 Å². The minimum atomic E-state index is -0.260. The number of pyridine rings is 1. The number of aryl methyl sites for hydroxylation is 3. The molecule has 0 radical (unpaired) electrons. The summed E-state index contributed by atoms with van der Waals surface area (Å²) in [6.45, 7) is 3.76. The van der Waals surface area contributed by atoms with E-state index in [2.05, 4.69) is 20.6 Å². The van der Waals surface area contributed by atoms with Gasteiger partial charge in [0.25, 0.3) is 5.91 Å². The number of amides is 1. The van der Waals surface area contributed by atoms with Gasteiger partial charge in [-0.1, -0.05) is 18.2 Å². The first-order valence-corrected chi connectivity index (χ1v) is 7.24. The lowest BCUT2D eigenvalue weighted by Gasteiger charge is -2.06. The number of fused-ring (bicyclic) bond motifs is 1. The summed E-state index contributed by atoms with van der Waals surface area (Å²) in [4.78, 5) is 16.8. The Morgan fingerprint density at radius 2 is 2.09 bits per heavy atom. The molecule has 1 amide bonds. The Bertz CT molecular complexity index is 910. The van der Waals surface area contributed by atoms with Gasteiger partial charge in [0.2, 0.25) is 0 Å². The fourth-order valence-electron chi connectivity index (χ4n) is 2.46. The molecule has 0 aliphatic rings. The third-order valence-electron chi connectivity index (χ3n) is 3.51. The Morgan fingerprint density at radius 1 is 1.30 bits per heavy atom. The monoisotopic (exact) mass is 307 g/mol. The molecule has 0 aliphatic heterocycles. The van der Waals surface area contributed by atoms with E-state index in [1.165, 1.54) is 0 Å². The van der Waals surface area contributed by atoms with Crippen molar-refractivity contribution in [2.24, 2.45) is 12.1 Å². The van der Waals surface area contributed by atoms with Crippen molar-refractivity contribution < 1.29 is 4.79 Å². The lowest BCUT2D eigenvalue weighted by Crippen LogP contribution is -2.18. The van der Waals surface area contributed by atoms with Crippen molar-refractivity contribution in [1.82, 2.24) is 20.2 Å². The number of benzene rings is 1. The van der Waals surface area contributed by atoms with Gasteiger partial charge in [0.15, 0.2) is 0 Å². The molecular formula is C17H17N5O. The van der Waals surface area contributed by atoms with Gasteiger partial charge < -0.3 is 0 Å². The number of hydrazone groups is 1. The zero-order valence-corrected chi connectivity index (χ0v) is 13.2. The Kier molecular flexibility index (Phi) is 3.89. The van der Waals surface area contributed by atoms with Gasteiger partial charge in [-0.15, -0.1) is 0 Å². The van der Waals surface area contributed by atoms with Crippen molar-refractivity contribution >= 4 is 23.0 Å². The highest BCUT2D eigenvalue weighted by molar-refractivity contribution is 6.06. The second kappa shape index (κ2) is 6.00. The van der Waals surface area contributed by atoms with Crippen molar-refractivity contribution in [2.45, 2.75) is 13.8 Å². The molecule has 6 nitrogen and oxygen atoms in total. The number of aromatic nitrogens is 3. The van der Waals surface area contributed by atoms with Crippen LogP contribution in [0.2, 0.25) is 0 Å². The second-order valence-corrected chi connectivity index (χ2v) is 5.37. The first kappa shape index (κ1) is 14.9. The number of nitrogens with zero attached hydrogens (tertiary/aromatic N) is 4. The van der Waals surface area contributed by atoms with E-state index in [9.17, 15) is 4.79 Å². The number of carbonyl (C=O) groups is 1. The van der Waals surface area contributed by atoms with Crippen LogP contribution in [0.25, 0.3) is 10.9 Å². The summed E-state index contributed by atoms with van der Waals surface area (Å²) in [7, 11) is 1.84. The number of nitrogens with one attached hydrogen (secondary N) is 1. The zero-order valence-electron chi connectivity index (χ0n) is 13.2. The normalized spacial score (nSPS) is 11.3. The lowest BCUT2D eigenvalue weighted by atomic mass is 10.1. The van der Waals surface area contributed by atoms with Crippen LogP contribution in [0, 0.1) is 13.8 Å². The molecule has 3 rings (SSSR count). The molecule has 0 atom stereocenters. The van der Waals surface area contributed by atoms with Gasteiger partial charge in [0.05, 0.1) is 23.0 Å². The van der Waals surface area contributed by atoms with Crippen LogP contribution in [0.4, 0.5) is 0 Å². The van der Waals surface area contributed by atoms with Gasteiger partial charge in [-0.3, -0.25) is 14.5 Å². The summed E-state index contributed by atoms with van der Waals surface area (Å²) in [6, 6.07) is 9.33. The molecule has 0 unspecified atom stereocenters. The van der Waals surface area contributed by atoms with Gasteiger partial charge in [0.1, 0.15) is 0 Å². The summed E-state index contributed by atoms with van der Waals surface area (Å²) in [6.07, 6.45) is 3.44. The average Bonchev–Trinajstić information content (AvgIpc) is 2.84. The van der Waals surface area contributed by atoms with Gasteiger partial charge in [-0.05, 0) is 26.0 Å². The number of rotatable bonds is 3. The van der Waals surface area contributed by atoms with Crippen molar-refractivity contribution in [1.29, 1.82) is 0 Å². The molecule has 1 aromatic carbocycles. The maximum atomic E-state index is 12.4. The molecule has 116 valence electrons. The van der Waals surface area contributed by atoms with Crippen molar-refractivity contribution in [3.05, 3.63) is 59.0 Å². The number of para-hydroxylation sites is 1. The van der Waals surface area contributed by atoms with Crippen LogP contribution in [-0.2, 0) is 7.05 Å². The van der Waals surface area contributed by atoms with Crippen LogP contribution >= 0.6 is 0 Å². The first-order valence-electron chi connectivity index (χ1n) is 7.24. The molecule has 2 heterocycles. The molecule has 0 bridgehead atoms. The fraction of sp³-hybridized carbons (Fsp3) is 0.176.